The Kier molecular flexibility index (Phi) is 7.68. The van der Waals surface area contributed by atoms with Crippen LogP contribution in [-0.2, 0) is 27.4 Å². The van der Waals surface area contributed by atoms with E-state index < -0.39 is 18.2 Å². The Labute approximate surface area is 211 Å². The van der Waals surface area contributed by atoms with Crippen molar-refractivity contribution in [3.63, 3.8) is 0 Å². The normalized spacial score (nSPS) is 17.0. The molecule has 186 valence electrons. The third-order valence-corrected chi connectivity index (χ3v) is 6.26. The number of rotatable bonds is 8. The molecule has 2 unspecified atom stereocenters. The lowest BCUT2D eigenvalue weighted by Gasteiger charge is -2.28. The van der Waals surface area contributed by atoms with Gasteiger partial charge in [-0.3, -0.25) is 14.5 Å². The van der Waals surface area contributed by atoms with Crippen LogP contribution < -0.4 is 5.32 Å². The first kappa shape index (κ1) is 25.0. The van der Waals surface area contributed by atoms with E-state index in [-0.39, 0.29) is 18.4 Å². The maximum Gasteiger partial charge on any atom is 0.411 e. The molecule has 0 aromatic heterocycles. The van der Waals surface area contributed by atoms with Crippen molar-refractivity contribution in [3.05, 3.63) is 101 Å². The van der Waals surface area contributed by atoms with Crippen molar-refractivity contribution < 1.29 is 19.1 Å². The summed E-state index contributed by atoms with van der Waals surface area (Å²) in [5, 5.41) is 2.81. The molecule has 1 heterocycles. The lowest BCUT2D eigenvalue weighted by atomic mass is 9.99. The molecule has 3 aromatic rings. The van der Waals surface area contributed by atoms with E-state index in [0.717, 1.165) is 16.7 Å². The smallest absolute Gasteiger partial charge is 0.411 e. The zero-order chi connectivity index (χ0) is 25.7. The molecule has 1 N–H and O–H groups in total. The van der Waals surface area contributed by atoms with Crippen LogP contribution in [0.3, 0.4) is 0 Å². The van der Waals surface area contributed by atoms with Gasteiger partial charge in [0.05, 0.1) is 6.54 Å². The zero-order valence-electron chi connectivity index (χ0n) is 20.8. The number of hydrogen-bond donors (Lipinski definition) is 1. The molecule has 2 atom stereocenters. The van der Waals surface area contributed by atoms with Gasteiger partial charge in [-0.15, -0.1) is 0 Å². The molecule has 4 rings (SSSR count). The number of amides is 3. The van der Waals surface area contributed by atoms with Crippen molar-refractivity contribution in [1.82, 2.24) is 9.80 Å². The number of nitrogens with one attached hydrogen (secondary N) is 1. The van der Waals surface area contributed by atoms with E-state index in [0.29, 0.717) is 24.2 Å². The summed E-state index contributed by atoms with van der Waals surface area (Å²) < 4.78 is 5.79. The first-order valence-corrected chi connectivity index (χ1v) is 12.1. The highest BCUT2D eigenvalue weighted by molar-refractivity contribution is 5.91. The standard InChI is InChI=1S/C29H31N3O4/c1-4-25(33)30-24-15-13-23(14-16-24)27-26(28(34)31(3)18-21-10-6-5-7-11-21)32(29(35)36-27)19-22-12-8-9-20(2)17-22/h5-17,26-27H,4,18-19H2,1-3H3,(H,30,33). The molecule has 0 bridgehead atoms. The van der Waals surface area contributed by atoms with Crippen LogP contribution in [0.4, 0.5) is 10.5 Å². The average molecular weight is 486 g/mol. The topological polar surface area (TPSA) is 79.0 Å². The molecule has 36 heavy (non-hydrogen) atoms. The zero-order valence-corrected chi connectivity index (χ0v) is 20.8. The largest absolute Gasteiger partial charge is 0.438 e. The van der Waals surface area contributed by atoms with Crippen LogP contribution in [0.5, 0.6) is 0 Å². The molecule has 0 saturated carbocycles. The molecular formula is C29H31N3O4. The van der Waals surface area contributed by atoms with Crippen LogP contribution in [0, 0.1) is 6.92 Å². The molecule has 1 aliphatic rings. The van der Waals surface area contributed by atoms with Crippen LogP contribution in [0.1, 0.15) is 41.7 Å². The summed E-state index contributed by atoms with van der Waals surface area (Å²) in [6, 6.07) is 23.9. The van der Waals surface area contributed by atoms with Gasteiger partial charge < -0.3 is 15.0 Å². The van der Waals surface area contributed by atoms with E-state index in [1.54, 1.807) is 43.1 Å². The van der Waals surface area contributed by atoms with E-state index in [2.05, 4.69) is 5.32 Å². The summed E-state index contributed by atoms with van der Waals surface area (Å²) in [7, 11) is 1.74. The quantitative estimate of drug-likeness (QED) is 0.484. The maximum atomic E-state index is 13.8. The summed E-state index contributed by atoms with van der Waals surface area (Å²) in [4.78, 5) is 41.7. The number of nitrogens with zero attached hydrogens (tertiary/aromatic N) is 2. The molecule has 1 fully saturated rings. The summed E-state index contributed by atoms with van der Waals surface area (Å²) in [5.41, 5.74) is 4.34. The summed E-state index contributed by atoms with van der Waals surface area (Å²) >= 11 is 0. The predicted molar refractivity (Wildman–Crippen MR) is 138 cm³/mol. The maximum absolute atomic E-state index is 13.8. The highest BCUT2D eigenvalue weighted by atomic mass is 16.6. The average Bonchev–Trinajstić information content (AvgIpc) is 3.20. The van der Waals surface area contributed by atoms with Gasteiger partial charge in [0.1, 0.15) is 0 Å². The second-order valence-corrected chi connectivity index (χ2v) is 9.07. The van der Waals surface area contributed by atoms with Crippen molar-refractivity contribution >= 4 is 23.6 Å². The van der Waals surface area contributed by atoms with Gasteiger partial charge >= 0.3 is 6.09 Å². The number of ether oxygens (including phenoxy) is 1. The molecule has 7 heteroatoms. The van der Waals surface area contributed by atoms with Gasteiger partial charge in [-0.2, -0.15) is 0 Å². The van der Waals surface area contributed by atoms with Crippen molar-refractivity contribution in [2.45, 2.75) is 45.5 Å². The van der Waals surface area contributed by atoms with Crippen LogP contribution in [0.2, 0.25) is 0 Å². The predicted octanol–water partition coefficient (Wildman–Crippen LogP) is 5.06. The van der Waals surface area contributed by atoms with E-state index in [9.17, 15) is 14.4 Å². The minimum absolute atomic E-state index is 0.0880. The highest BCUT2D eigenvalue weighted by Crippen LogP contribution is 2.35. The van der Waals surface area contributed by atoms with Crippen LogP contribution >= 0.6 is 0 Å². The van der Waals surface area contributed by atoms with Gasteiger partial charge in [0.2, 0.25) is 11.8 Å². The fraction of sp³-hybridized carbons (Fsp3) is 0.276. The van der Waals surface area contributed by atoms with Crippen molar-refractivity contribution in [2.24, 2.45) is 0 Å². The number of likely N-dealkylation sites (N-methyl/N-ethyl adjacent to an activating group) is 1. The summed E-state index contributed by atoms with van der Waals surface area (Å²) in [6.45, 7) is 4.45. The first-order valence-electron chi connectivity index (χ1n) is 12.1. The van der Waals surface area contributed by atoms with Gasteiger partial charge in [-0.1, -0.05) is 79.2 Å². The van der Waals surface area contributed by atoms with Gasteiger partial charge in [0.25, 0.3) is 0 Å². The van der Waals surface area contributed by atoms with Gasteiger partial charge in [0.15, 0.2) is 12.1 Å². The molecular weight excluding hydrogens is 454 g/mol. The van der Waals surface area contributed by atoms with Crippen LogP contribution in [0.25, 0.3) is 0 Å². The second kappa shape index (κ2) is 11.1. The third kappa shape index (κ3) is 5.74. The molecule has 0 aliphatic carbocycles. The van der Waals surface area contributed by atoms with E-state index in [4.69, 9.17) is 4.74 Å². The van der Waals surface area contributed by atoms with E-state index >= 15 is 0 Å². The highest BCUT2D eigenvalue weighted by Gasteiger charge is 2.48. The number of carbonyl (C=O) groups excluding carboxylic acids is 3. The minimum atomic E-state index is -0.831. The molecule has 3 aromatic carbocycles. The Balaban J connectivity index is 1.63. The van der Waals surface area contributed by atoms with Crippen molar-refractivity contribution in [2.75, 3.05) is 12.4 Å². The molecule has 1 aliphatic heterocycles. The van der Waals surface area contributed by atoms with Crippen molar-refractivity contribution in [3.8, 4) is 0 Å². The number of anilines is 1. The van der Waals surface area contributed by atoms with E-state index in [1.165, 1.54) is 4.90 Å². The molecule has 3 amide bonds. The molecule has 0 spiro atoms. The Morgan fingerprint density at radius 1 is 0.972 bits per heavy atom. The summed E-state index contributed by atoms with van der Waals surface area (Å²) in [5.74, 6) is -0.291. The second-order valence-electron chi connectivity index (χ2n) is 9.07. The Hall–Kier alpha value is -4.13. The fourth-order valence-corrected chi connectivity index (χ4v) is 4.37. The van der Waals surface area contributed by atoms with Crippen LogP contribution in [0.15, 0.2) is 78.9 Å². The van der Waals surface area contributed by atoms with E-state index in [1.807, 2.05) is 61.5 Å². The van der Waals surface area contributed by atoms with Gasteiger partial charge in [0, 0.05) is 25.7 Å². The number of carbonyl (C=O) groups is 3. The Bertz CT molecular complexity index is 1230. The van der Waals surface area contributed by atoms with Crippen LogP contribution in [-0.4, -0.2) is 40.8 Å². The molecule has 1 saturated heterocycles. The molecule has 7 nitrogen and oxygen atoms in total. The summed E-state index contributed by atoms with van der Waals surface area (Å²) in [6.07, 6.45) is -0.930. The van der Waals surface area contributed by atoms with Crippen molar-refractivity contribution in [1.29, 1.82) is 0 Å². The lowest BCUT2D eigenvalue weighted by molar-refractivity contribution is -0.136. The first-order chi connectivity index (χ1) is 17.4. The van der Waals surface area contributed by atoms with Gasteiger partial charge in [-0.25, -0.2) is 4.79 Å². The fourth-order valence-electron chi connectivity index (χ4n) is 4.37. The van der Waals surface area contributed by atoms with Gasteiger partial charge in [-0.05, 0) is 35.7 Å². The SMILES string of the molecule is CCC(=O)Nc1ccc(C2OC(=O)N(Cc3cccc(C)c3)C2C(=O)N(C)Cc2ccccc2)cc1. The Morgan fingerprint density at radius 2 is 1.67 bits per heavy atom. The Morgan fingerprint density at radius 3 is 2.33 bits per heavy atom. The monoisotopic (exact) mass is 485 g/mol. The number of benzene rings is 3. The number of hydrogen-bond acceptors (Lipinski definition) is 4. The third-order valence-electron chi connectivity index (χ3n) is 6.26. The lowest BCUT2D eigenvalue weighted by Crippen LogP contribution is -2.46. The number of cyclic esters (lactones) is 1. The number of aryl methyl sites for hydroxylation is 1. The minimum Gasteiger partial charge on any atom is -0.438 e. The molecule has 0 radical (unpaired) electrons.